The fourth-order valence-corrected chi connectivity index (χ4v) is 3.41. The number of nitrogens with one attached hydrogen (secondary N) is 1. The van der Waals surface area contributed by atoms with Gasteiger partial charge in [-0.25, -0.2) is 4.39 Å². The molecule has 0 bridgehead atoms. The summed E-state index contributed by atoms with van der Waals surface area (Å²) in [6.45, 7) is 0.303. The molecule has 0 saturated carbocycles. The summed E-state index contributed by atoms with van der Waals surface area (Å²) in [6, 6.07) is 11.1. The van der Waals surface area contributed by atoms with Gasteiger partial charge in [0.2, 0.25) is 5.60 Å². The van der Waals surface area contributed by atoms with E-state index in [9.17, 15) is 19.1 Å². The fourth-order valence-electron chi connectivity index (χ4n) is 2.79. The number of amides is 2. The topological polar surface area (TPSA) is 69.6 Å². The van der Waals surface area contributed by atoms with Gasteiger partial charge in [0.25, 0.3) is 11.8 Å². The average molecular weight is 442 g/mol. The van der Waals surface area contributed by atoms with Crippen LogP contribution in [-0.4, -0.2) is 29.1 Å². The Bertz CT molecular complexity index is 879. The van der Waals surface area contributed by atoms with Gasteiger partial charge in [-0.05, 0) is 35.9 Å². The molecule has 1 aliphatic heterocycles. The molecule has 136 valence electrons. The van der Waals surface area contributed by atoms with E-state index in [1.165, 1.54) is 17.0 Å². The van der Waals surface area contributed by atoms with Crippen molar-refractivity contribution in [1.82, 2.24) is 5.32 Å². The molecule has 26 heavy (non-hydrogen) atoms. The Balaban J connectivity index is 1.72. The van der Waals surface area contributed by atoms with Gasteiger partial charge in [-0.3, -0.25) is 9.59 Å². The zero-order valence-corrected chi connectivity index (χ0v) is 15.8. The summed E-state index contributed by atoms with van der Waals surface area (Å²) in [7, 11) is 0. The van der Waals surface area contributed by atoms with Gasteiger partial charge < -0.3 is 15.3 Å². The van der Waals surface area contributed by atoms with Gasteiger partial charge in [-0.2, -0.15) is 0 Å². The van der Waals surface area contributed by atoms with E-state index in [4.69, 9.17) is 11.6 Å². The number of hydrogen-bond donors (Lipinski definition) is 2. The van der Waals surface area contributed by atoms with Gasteiger partial charge in [0.15, 0.2) is 0 Å². The Morgan fingerprint density at radius 1 is 1.35 bits per heavy atom. The quantitative estimate of drug-likeness (QED) is 0.717. The number of benzene rings is 2. The number of halogens is 3. The first-order valence-electron chi connectivity index (χ1n) is 7.83. The number of hydrogen-bond acceptors (Lipinski definition) is 3. The largest absolute Gasteiger partial charge is 0.372 e. The van der Waals surface area contributed by atoms with Crippen molar-refractivity contribution in [2.75, 3.05) is 11.4 Å². The Morgan fingerprint density at radius 3 is 2.81 bits per heavy atom. The van der Waals surface area contributed by atoms with Crippen molar-refractivity contribution < 1.29 is 19.1 Å². The van der Waals surface area contributed by atoms with E-state index in [1.54, 1.807) is 0 Å². The molecule has 2 amide bonds. The second-order valence-electron chi connectivity index (χ2n) is 5.98. The van der Waals surface area contributed by atoms with E-state index in [0.717, 1.165) is 16.1 Å². The maximum atomic E-state index is 13.3. The van der Waals surface area contributed by atoms with E-state index in [1.807, 2.05) is 24.3 Å². The highest BCUT2D eigenvalue weighted by molar-refractivity contribution is 9.10. The minimum absolute atomic E-state index is 0.0643. The predicted octanol–water partition coefficient (Wildman–Crippen LogP) is 3.03. The van der Waals surface area contributed by atoms with Crippen LogP contribution >= 0.6 is 27.5 Å². The highest BCUT2D eigenvalue weighted by Crippen LogP contribution is 2.31. The first kappa shape index (κ1) is 18.8. The number of carbonyl (C=O) groups excluding carboxylic acids is 2. The van der Waals surface area contributed by atoms with Crippen LogP contribution in [0.25, 0.3) is 0 Å². The SMILES string of the molecule is O=C(NCc1cccc(Br)c1)[C@@]1(O)CCN(c2ccc(F)c(Cl)c2)C1=O. The Hall–Kier alpha value is -1.96. The Morgan fingerprint density at radius 2 is 2.12 bits per heavy atom. The maximum absolute atomic E-state index is 13.3. The van der Waals surface area contributed by atoms with Crippen molar-refractivity contribution >= 4 is 45.0 Å². The molecule has 1 atom stereocenters. The van der Waals surface area contributed by atoms with Crippen molar-refractivity contribution in [2.24, 2.45) is 0 Å². The highest BCUT2D eigenvalue weighted by atomic mass is 79.9. The molecule has 1 heterocycles. The molecule has 5 nitrogen and oxygen atoms in total. The summed E-state index contributed by atoms with van der Waals surface area (Å²) in [5.41, 5.74) is -1.01. The second kappa shape index (κ2) is 7.34. The van der Waals surface area contributed by atoms with Crippen LogP contribution in [0.2, 0.25) is 5.02 Å². The number of rotatable bonds is 4. The van der Waals surface area contributed by atoms with Crippen molar-refractivity contribution in [3.63, 3.8) is 0 Å². The molecule has 8 heteroatoms. The number of carbonyl (C=O) groups is 2. The van der Waals surface area contributed by atoms with Crippen LogP contribution in [0.5, 0.6) is 0 Å². The summed E-state index contributed by atoms with van der Waals surface area (Å²) in [4.78, 5) is 26.3. The van der Waals surface area contributed by atoms with Crippen LogP contribution in [0.4, 0.5) is 10.1 Å². The molecular formula is C18H15BrClFN2O3. The van der Waals surface area contributed by atoms with E-state index >= 15 is 0 Å². The van der Waals surface area contributed by atoms with Crippen LogP contribution < -0.4 is 10.2 Å². The van der Waals surface area contributed by atoms with E-state index in [-0.39, 0.29) is 24.5 Å². The van der Waals surface area contributed by atoms with Crippen LogP contribution in [0.3, 0.4) is 0 Å². The predicted molar refractivity (Wildman–Crippen MR) is 99.3 cm³/mol. The maximum Gasteiger partial charge on any atom is 0.268 e. The lowest BCUT2D eigenvalue weighted by atomic mass is 10.0. The number of anilines is 1. The molecule has 1 saturated heterocycles. The lowest BCUT2D eigenvalue weighted by Crippen LogP contribution is -2.52. The van der Waals surface area contributed by atoms with Gasteiger partial charge in [0, 0.05) is 29.7 Å². The Labute approximate surface area is 162 Å². The molecule has 3 rings (SSSR count). The van der Waals surface area contributed by atoms with Gasteiger partial charge >= 0.3 is 0 Å². The molecule has 0 aliphatic carbocycles. The summed E-state index contributed by atoms with van der Waals surface area (Å²) >= 11 is 9.09. The standard InChI is InChI=1S/C18H15BrClFN2O3/c19-12-3-1-2-11(8-12)10-22-16(24)18(26)6-7-23(17(18)25)13-4-5-15(21)14(20)9-13/h1-5,8-9,26H,6-7,10H2,(H,22,24)/t18-/m0/s1. The first-order chi connectivity index (χ1) is 12.3. The van der Waals surface area contributed by atoms with Crippen molar-refractivity contribution in [2.45, 2.75) is 18.6 Å². The minimum Gasteiger partial charge on any atom is -0.372 e. The average Bonchev–Trinajstić information content (AvgIpc) is 2.92. The lowest BCUT2D eigenvalue weighted by molar-refractivity contribution is -0.149. The molecule has 2 aromatic rings. The molecule has 0 spiro atoms. The first-order valence-corrected chi connectivity index (χ1v) is 9.00. The van der Waals surface area contributed by atoms with E-state index in [0.29, 0.717) is 5.69 Å². The lowest BCUT2D eigenvalue weighted by Gasteiger charge is -2.22. The minimum atomic E-state index is -2.16. The molecule has 2 aromatic carbocycles. The molecule has 0 radical (unpaired) electrons. The van der Waals surface area contributed by atoms with Crippen LogP contribution in [0.1, 0.15) is 12.0 Å². The van der Waals surface area contributed by atoms with Gasteiger partial charge in [0.1, 0.15) is 5.82 Å². The normalized spacial score (nSPS) is 19.7. The van der Waals surface area contributed by atoms with Crippen LogP contribution in [0.15, 0.2) is 46.9 Å². The fraction of sp³-hybridized carbons (Fsp3) is 0.222. The monoisotopic (exact) mass is 440 g/mol. The van der Waals surface area contributed by atoms with Crippen molar-refractivity contribution in [3.8, 4) is 0 Å². The van der Waals surface area contributed by atoms with Gasteiger partial charge in [-0.1, -0.05) is 39.7 Å². The molecule has 2 N–H and O–H groups in total. The van der Waals surface area contributed by atoms with Crippen molar-refractivity contribution in [3.05, 3.63) is 63.3 Å². The summed E-state index contributed by atoms with van der Waals surface area (Å²) in [6.07, 6.45) is -0.0643. The zero-order valence-electron chi connectivity index (χ0n) is 13.5. The number of aliphatic hydroxyl groups is 1. The van der Waals surface area contributed by atoms with Crippen LogP contribution in [-0.2, 0) is 16.1 Å². The molecular weight excluding hydrogens is 427 g/mol. The molecule has 0 aromatic heterocycles. The second-order valence-corrected chi connectivity index (χ2v) is 7.30. The third kappa shape index (κ3) is 3.60. The third-order valence-corrected chi connectivity index (χ3v) is 5.01. The third-order valence-electron chi connectivity index (χ3n) is 4.23. The number of nitrogens with zero attached hydrogens (tertiary/aromatic N) is 1. The zero-order chi connectivity index (χ0) is 18.9. The van der Waals surface area contributed by atoms with Gasteiger partial charge in [0.05, 0.1) is 5.02 Å². The van der Waals surface area contributed by atoms with E-state index < -0.39 is 23.2 Å². The van der Waals surface area contributed by atoms with Gasteiger partial charge in [-0.15, -0.1) is 0 Å². The molecule has 1 aliphatic rings. The summed E-state index contributed by atoms with van der Waals surface area (Å²) in [5.74, 6) is -2.13. The molecule has 1 fully saturated rings. The van der Waals surface area contributed by atoms with Crippen LogP contribution in [0, 0.1) is 5.82 Å². The highest BCUT2D eigenvalue weighted by Gasteiger charge is 2.51. The molecule has 0 unspecified atom stereocenters. The smallest absolute Gasteiger partial charge is 0.268 e. The Kier molecular flexibility index (Phi) is 5.32. The van der Waals surface area contributed by atoms with E-state index in [2.05, 4.69) is 21.2 Å². The summed E-state index contributed by atoms with van der Waals surface area (Å²) < 4.78 is 14.2. The summed E-state index contributed by atoms with van der Waals surface area (Å²) in [5, 5.41) is 13.1. The van der Waals surface area contributed by atoms with Crippen molar-refractivity contribution in [1.29, 1.82) is 0 Å².